The smallest absolute Gasteiger partial charge is 0.426 e. The molecular weight excluding hydrogens is 508 g/mol. The van der Waals surface area contributed by atoms with Crippen LogP contribution in [0.1, 0.15) is 43.4 Å². The van der Waals surface area contributed by atoms with Crippen molar-refractivity contribution in [3.8, 4) is 11.1 Å². The molecule has 0 fully saturated rings. The van der Waals surface area contributed by atoms with Crippen LogP contribution in [0.5, 0.6) is 0 Å². The summed E-state index contributed by atoms with van der Waals surface area (Å²) < 4.78 is 10.9. The molecule has 9 heteroatoms. The van der Waals surface area contributed by atoms with E-state index in [0.717, 1.165) is 38.7 Å². The van der Waals surface area contributed by atoms with Crippen molar-refractivity contribution in [3.05, 3.63) is 95.7 Å². The Bertz CT molecular complexity index is 1510. The molecule has 5 rings (SSSR count). The van der Waals surface area contributed by atoms with Gasteiger partial charge in [0.2, 0.25) is 0 Å². The maximum absolute atomic E-state index is 13.1. The Kier molecular flexibility index (Phi) is 7.46. The van der Waals surface area contributed by atoms with Gasteiger partial charge in [0.1, 0.15) is 18.2 Å². The second-order valence-corrected chi connectivity index (χ2v) is 10.7. The number of hydrogen-bond donors (Lipinski definition) is 4. The fourth-order valence-electron chi connectivity index (χ4n) is 5.01. The van der Waals surface area contributed by atoms with Crippen LogP contribution in [0.15, 0.2) is 79.0 Å². The van der Waals surface area contributed by atoms with Crippen LogP contribution in [-0.2, 0) is 20.7 Å². The summed E-state index contributed by atoms with van der Waals surface area (Å²) in [5, 5.41) is 3.55. The largest absolute Gasteiger partial charge is 0.447 e. The lowest BCUT2D eigenvalue weighted by atomic mass is 9.98. The topological polar surface area (TPSA) is 122 Å². The molecule has 4 aromatic rings. The molecule has 3 aromatic carbocycles. The van der Waals surface area contributed by atoms with Crippen molar-refractivity contribution in [2.24, 2.45) is 0 Å². The van der Waals surface area contributed by atoms with Crippen molar-refractivity contribution >= 4 is 29.0 Å². The van der Waals surface area contributed by atoms with E-state index in [-0.39, 0.29) is 18.9 Å². The lowest BCUT2D eigenvalue weighted by molar-refractivity contribution is -0.124. The number of nitrogens with one attached hydrogen (secondary N) is 4. The van der Waals surface area contributed by atoms with Crippen molar-refractivity contribution in [1.82, 2.24) is 21.2 Å². The summed E-state index contributed by atoms with van der Waals surface area (Å²) in [6.07, 6.45) is 0.411. The highest BCUT2D eigenvalue weighted by Crippen LogP contribution is 2.44. The van der Waals surface area contributed by atoms with Crippen LogP contribution in [0, 0.1) is 0 Å². The number of H-pyrrole nitrogens is 1. The molecule has 1 atom stereocenters. The number of aromatic nitrogens is 1. The maximum atomic E-state index is 13.1. The number of alkyl carbamates (subject to hydrolysis) is 1. The highest BCUT2D eigenvalue weighted by Gasteiger charge is 2.30. The van der Waals surface area contributed by atoms with E-state index in [9.17, 15) is 14.4 Å². The van der Waals surface area contributed by atoms with E-state index in [1.54, 1.807) is 27.0 Å². The Labute approximate surface area is 232 Å². The summed E-state index contributed by atoms with van der Waals surface area (Å²) in [7, 11) is 0. The van der Waals surface area contributed by atoms with Crippen molar-refractivity contribution in [2.45, 2.75) is 44.8 Å². The van der Waals surface area contributed by atoms with Gasteiger partial charge in [0, 0.05) is 29.4 Å². The first kappa shape index (κ1) is 26.8. The third-order valence-electron chi connectivity index (χ3n) is 6.74. The average Bonchev–Trinajstić information content (AvgIpc) is 3.48. The molecule has 0 radical (unpaired) electrons. The van der Waals surface area contributed by atoms with Crippen LogP contribution in [0.3, 0.4) is 0 Å². The van der Waals surface area contributed by atoms with Gasteiger partial charge in [-0.05, 0) is 54.7 Å². The van der Waals surface area contributed by atoms with E-state index in [2.05, 4.69) is 33.3 Å². The van der Waals surface area contributed by atoms with Crippen LogP contribution in [0.2, 0.25) is 0 Å². The second kappa shape index (κ2) is 11.1. The fraction of sp³-hybridized carbons (Fsp3) is 0.258. The number of carbonyl (C=O) groups is 3. The highest BCUT2D eigenvalue weighted by molar-refractivity contribution is 5.89. The van der Waals surface area contributed by atoms with Gasteiger partial charge in [0.05, 0.1) is 0 Å². The number of carbonyl (C=O) groups excluding carboxylic acids is 3. The number of rotatable bonds is 6. The third kappa shape index (κ3) is 5.93. The van der Waals surface area contributed by atoms with Gasteiger partial charge < -0.3 is 19.8 Å². The molecule has 1 aliphatic rings. The minimum Gasteiger partial charge on any atom is -0.447 e. The number of hydrazine groups is 1. The predicted molar refractivity (Wildman–Crippen MR) is 152 cm³/mol. The summed E-state index contributed by atoms with van der Waals surface area (Å²) in [4.78, 5) is 41.4. The van der Waals surface area contributed by atoms with E-state index < -0.39 is 29.7 Å². The van der Waals surface area contributed by atoms with E-state index >= 15 is 0 Å². The lowest BCUT2D eigenvalue weighted by Crippen LogP contribution is -2.54. The summed E-state index contributed by atoms with van der Waals surface area (Å²) in [6, 6.07) is 22.7. The zero-order valence-corrected chi connectivity index (χ0v) is 22.6. The summed E-state index contributed by atoms with van der Waals surface area (Å²) in [5.41, 5.74) is 10.1. The SMILES string of the molecule is CC(C)(C)OC(=O)N[C@H](Cc1c[nH]c2ccccc12)C(=O)NNC(=O)OCC1c2ccccc2-c2ccccc21. The minimum absolute atomic E-state index is 0.102. The van der Waals surface area contributed by atoms with Crippen molar-refractivity contribution in [1.29, 1.82) is 0 Å². The maximum Gasteiger partial charge on any atom is 0.426 e. The van der Waals surface area contributed by atoms with E-state index in [0.29, 0.717) is 0 Å². The van der Waals surface area contributed by atoms with E-state index in [4.69, 9.17) is 9.47 Å². The first-order valence-electron chi connectivity index (χ1n) is 13.1. The number of ether oxygens (including phenoxy) is 2. The molecule has 9 nitrogen and oxygen atoms in total. The molecule has 1 heterocycles. The molecule has 4 N–H and O–H groups in total. The van der Waals surface area contributed by atoms with Gasteiger partial charge in [-0.25, -0.2) is 15.0 Å². The van der Waals surface area contributed by atoms with Crippen LogP contribution in [0.4, 0.5) is 9.59 Å². The quantitative estimate of drug-likeness (QED) is 0.251. The van der Waals surface area contributed by atoms with Crippen LogP contribution < -0.4 is 16.2 Å². The molecule has 0 spiro atoms. The summed E-state index contributed by atoms with van der Waals surface area (Å²) in [6.45, 7) is 5.31. The summed E-state index contributed by atoms with van der Waals surface area (Å²) in [5.74, 6) is -0.734. The van der Waals surface area contributed by atoms with Gasteiger partial charge in [0.15, 0.2) is 0 Å². The van der Waals surface area contributed by atoms with Gasteiger partial charge in [-0.15, -0.1) is 0 Å². The minimum atomic E-state index is -1.03. The molecule has 0 aliphatic heterocycles. The molecule has 1 aliphatic carbocycles. The van der Waals surface area contributed by atoms with Crippen LogP contribution >= 0.6 is 0 Å². The predicted octanol–water partition coefficient (Wildman–Crippen LogP) is 5.17. The molecule has 0 saturated heterocycles. The van der Waals surface area contributed by atoms with Crippen LogP contribution in [0.25, 0.3) is 22.0 Å². The van der Waals surface area contributed by atoms with Crippen molar-refractivity contribution < 1.29 is 23.9 Å². The normalized spacial score (nSPS) is 13.2. The Hall–Kier alpha value is -4.79. The summed E-state index contributed by atoms with van der Waals surface area (Å²) >= 11 is 0. The van der Waals surface area contributed by atoms with Crippen molar-refractivity contribution in [2.75, 3.05) is 6.61 Å². The zero-order valence-electron chi connectivity index (χ0n) is 22.6. The Morgan fingerprint density at radius 2 is 1.48 bits per heavy atom. The van der Waals surface area contributed by atoms with Crippen LogP contribution in [-0.4, -0.2) is 41.3 Å². The Morgan fingerprint density at radius 1 is 0.850 bits per heavy atom. The average molecular weight is 541 g/mol. The van der Waals surface area contributed by atoms with Gasteiger partial charge in [0.25, 0.3) is 5.91 Å². The molecule has 0 bridgehead atoms. The standard InChI is InChI=1S/C31H32N4O5/c1-31(2,3)40-29(37)33-27(16-19-17-32-26-15-9-8-10-20(19)26)28(36)34-35-30(38)39-18-25-23-13-6-4-11-21(23)22-12-5-7-14-24(22)25/h4-15,17,25,27,32H,16,18H2,1-3H3,(H,33,37)(H,34,36)(H,35,38)/t27-/m1/s1. The number of fused-ring (bicyclic) bond motifs is 4. The van der Waals surface area contributed by atoms with E-state index in [1.165, 1.54) is 0 Å². The number of aromatic amines is 1. The van der Waals surface area contributed by atoms with E-state index in [1.807, 2.05) is 60.7 Å². The molecule has 40 heavy (non-hydrogen) atoms. The number of para-hydroxylation sites is 1. The number of amides is 3. The fourth-order valence-corrected chi connectivity index (χ4v) is 5.01. The third-order valence-corrected chi connectivity index (χ3v) is 6.74. The number of benzene rings is 3. The lowest BCUT2D eigenvalue weighted by Gasteiger charge is -2.23. The molecule has 206 valence electrons. The van der Waals surface area contributed by atoms with Crippen molar-refractivity contribution in [3.63, 3.8) is 0 Å². The molecular formula is C31H32N4O5. The molecule has 0 saturated carbocycles. The number of hydrogen-bond acceptors (Lipinski definition) is 5. The first-order valence-corrected chi connectivity index (χ1v) is 13.1. The van der Waals surface area contributed by atoms with Gasteiger partial charge >= 0.3 is 12.2 Å². The van der Waals surface area contributed by atoms with Gasteiger partial charge in [-0.3, -0.25) is 10.2 Å². The molecule has 0 unspecified atom stereocenters. The zero-order chi connectivity index (χ0) is 28.3. The van der Waals surface area contributed by atoms with Gasteiger partial charge in [-0.1, -0.05) is 66.7 Å². The monoisotopic (exact) mass is 540 g/mol. The Balaban J connectivity index is 1.23. The first-order chi connectivity index (χ1) is 19.2. The highest BCUT2D eigenvalue weighted by atomic mass is 16.6. The second-order valence-electron chi connectivity index (χ2n) is 10.7. The molecule has 1 aromatic heterocycles. The van der Waals surface area contributed by atoms with Gasteiger partial charge in [-0.2, -0.15) is 0 Å². The molecule has 3 amide bonds. The Morgan fingerprint density at radius 3 is 2.15 bits per heavy atom.